The Labute approximate surface area is 111 Å². The maximum atomic E-state index is 11.4. The quantitative estimate of drug-likeness (QED) is 0.487. The van der Waals surface area contributed by atoms with Crippen molar-refractivity contribution < 1.29 is 34.3 Å². The first-order valence-electron chi connectivity index (χ1n) is 6.22. The SMILES string of the molecule is CCOC(=O)N[C@H]1[C@H](OCC)O[C@@H](CO)[C@@H](O)[C@H]1O. The van der Waals surface area contributed by atoms with Crippen LogP contribution in [0.1, 0.15) is 13.8 Å². The van der Waals surface area contributed by atoms with E-state index in [0.29, 0.717) is 0 Å². The van der Waals surface area contributed by atoms with Crippen molar-refractivity contribution in [3.8, 4) is 0 Å². The highest BCUT2D eigenvalue weighted by atomic mass is 16.7. The normalized spacial score (nSPS) is 34.9. The second-order valence-electron chi connectivity index (χ2n) is 4.05. The maximum absolute atomic E-state index is 11.4. The van der Waals surface area contributed by atoms with E-state index in [1.165, 1.54) is 0 Å². The number of aliphatic hydroxyl groups excluding tert-OH is 3. The zero-order valence-corrected chi connectivity index (χ0v) is 11.0. The van der Waals surface area contributed by atoms with Gasteiger partial charge in [-0.1, -0.05) is 0 Å². The summed E-state index contributed by atoms with van der Waals surface area (Å²) < 4.78 is 15.3. The number of amides is 1. The predicted molar refractivity (Wildman–Crippen MR) is 63.3 cm³/mol. The fourth-order valence-corrected chi connectivity index (χ4v) is 1.85. The summed E-state index contributed by atoms with van der Waals surface area (Å²) in [5.74, 6) is 0. The second kappa shape index (κ2) is 7.61. The summed E-state index contributed by atoms with van der Waals surface area (Å²) in [6.45, 7) is 3.36. The van der Waals surface area contributed by atoms with Gasteiger partial charge in [0.2, 0.25) is 0 Å². The lowest BCUT2D eigenvalue weighted by atomic mass is 9.97. The molecule has 8 nitrogen and oxygen atoms in total. The van der Waals surface area contributed by atoms with Gasteiger partial charge in [-0.2, -0.15) is 0 Å². The number of nitrogens with one attached hydrogen (secondary N) is 1. The number of aliphatic hydroxyl groups is 3. The third-order valence-electron chi connectivity index (χ3n) is 2.77. The van der Waals surface area contributed by atoms with Gasteiger partial charge in [0.15, 0.2) is 6.29 Å². The summed E-state index contributed by atoms with van der Waals surface area (Å²) in [6.07, 6.45) is -5.33. The minimum atomic E-state index is -1.33. The average Bonchev–Trinajstić information content (AvgIpc) is 2.38. The number of carbonyl (C=O) groups is 1. The van der Waals surface area contributed by atoms with Crippen molar-refractivity contribution in [2.75, 3.05) is 19.8 Å². The number of ether oxygens (including phenoxy) is 3. The van der Waals surface area contributed by atoms with Crippen molar-refractivity contribution in [3.05, 3.63) is 0 Å². The van der Waals surface area contributed by atoms with Gasteiger partial charge in [0.05, 0.1) is 13.2 Å². The van der Waals surface area contributed by atoms with Crippen molar-refractivity contribution in [2.24, 2.45) is 0 Å². The molecule has 0 aromatic heterocycles. The van der Waals surface area contributed by atoms with Gasteiger partial charge < -0.3 is 34.8 Å². The smallest absolute Gasteiger partial charge is 0.407 e. The van der Waals surface area contributed by atoms with Crippen LogP contribution in [0.3, 0.4) is 0 Å². The fraction of sp³-hybridized carbons (Fsp3) is 0.909. The standard InChI is InChI=1S/C11H21NO7/c1-3-17-10-7(12-11(16)18-4-2)9(15)8(14)6(5-13)19-10/h6-10,13-15H,3-5H2,1-2H3,(H,12,16)/t6-,7+,8+,9-,10+/m0/s1. The highest BCUT2D eigenvalue weighted by molar-refractivity contribution is 5.67. The van der Waals surface area contributed by atoms with Gasteiger partial charge in [0.1, 0.15) is 24.4 Å². The van der Waals surface area contributed by atoms with Crippen molar-refractivity contribution >= 4 is 6.09 Å². The van der Waals surface area contributed by atoms with Gasteiger partial charge in [0.25, 0.3) is 0 Å². The van der Waals surface area contributed by atoms with E-state index >= 15 is 0 Å². The number of alkyl carbamates (subject to hydrolysis) is 1. The molecule has 1 aliphatic rings. The van der Waals surface area contributed by atoms with Crippen LogP contribution in [-0.4, -0.2) is 71.9 Å². The highest BCUT2D eigenvalue weighted by Gasteiger charge is 2.45. The highest BCUT2D eigenvalue weighted by Crippen LogP contribution is 2.22. The van der Waals surface area contributed by atoms with E-state index < -0.39 is 43.3 Å². The first-order chi connectivity index (χ1) is 9.04. The molecule has 1 amide bonds. The molecular weight excluding hydrogens is 258 g/mol. The Balaban J connectivity index is 2.75. The van der Waals surface area contributed by atoms with Crippen LogP contribution in [0.4, 0.5) is 4.79 Å². The Morgan fingerprint density at radius 3 is 2.47 bits per heavy atom. The van der Waals surface area contributed by atoms with Crippen molar-refractivity contribution in [1.82, 2.24) is 5.32 Å². The number of carbonyl (C=O) groups excluding carboxylic acids is 1. The Bertz CT molecular complexity index is 288. The van der Waals surface area contributed by atoms with Crippen LogP contribution in [0.25, 0.3) is 0 Å². The lowest BCUT2D eigenvalue weighted by Gasteiger charge is -2.41. The van der Waals surface area contributed by atoms with E-state index in [1.54, 1.807) is 13.8 Å². The van der Waals surface area contributed by atoms with E-state index in [4.69, 9.17) is 19.3 Å². The molecule has 0 aromatic rings. The zero-order valence-electron chi connectivity index (χ0n) is 11.0. The Hall–Kier alpha value is -0.930. The van der Waals surface area contributed by atoms with Crippen LogP contribution in [0.15, 0.2) is 0 Å². The Morgan fingerprint density at radius 1 is 1.26 bits per heavy atom. The van der Waals surface area contributed by atoms with Crippen LogP contribution < -0.4 is 5.32 Å². The zero-order chi connectivity index (χ0) is 14.4. The van der Waals surface area contributed by atoms with E-state index in [-0.39, 0.29) is 13.2 Å². The van der Waals surface area contributed by atoms with Gasteiger partial charge in [-0.3, -0.25) is 0 Å². The molecule has 1 fully saturated rings. The molecule has 0 radical (unpaired) electrons. The molecule has 0 spiro atoms. The van der Waals surface area contributed by atoms with Gasteiger partial charge in [-0.25, -0.2) is 4.79 Å². The van der Waals surface area contributed by atoms with Crippen LogP contribution in [-0.2, 0) is 14.2 Å². The second-order valence-corrected chi connectivity index (χ2v) is 4.05. The number of hydrogen-bond donors (Lipinski definition) is 4. The number of hydrogen-bond acceptors (Lipinski definition) is 7. The first-order valence-corrected chi connectivity index (χ1v) is 6.22. The minimum absolute atomic E-state index is 0.177. The van der Waals surface area contributed by atoms with Crippen molar-refractivity contribution in [1.29, 1.82) is 0 Å². The largest absolute Gasteiger partial charge is 0.450 e. The average molecular weight is 279 g/mol. The summed E-state index contributed by atoms with van der Waals surface area (Å²) in [5, 5.41) is 31.1. The summed E-state index contributed by atoms with van der Waals surface area (Å²) in [6, 6.07) is -0.975. The molecule has 8 heteroatoms. The lowest BCUT2D eigenvalue weighted by molar-refractivity contribution is -0.268. The summed E-state index contributed by atoms with van der Waals surface area (Å²) in [5.41, 5.74) is 0. The van der Waals surface area contributed by atoms with E-state index in [9.17, 15) is 15.0 Å². The van der Waals surface area contributed by atoms with Crippen molar-refractivity contribution in [3.63, 3.8) is 0 Å². The number of rotatable bonds is 5. The van der Waals surface area contributed by atoms with Crippen LogP contribution >= 0.6 is 0 Å². The third kappa shape index (κ3) is 4.02. The fourth-order valence-electron chi connectivity index (χ4n) is 1.85. The summed E-state index contributed by atoms with van der Waals surface area (Å²) in [4.78, 5) is 11.4. The van der Waals surface area contributed by atoms with Gasteiger partial charge in [0, 0.05) is 6.61 Å². The third-order valence-corrected chi connectivity index (χ3v) is 2.77. The first kappa shape index (κ1) is 16.1. The molecule has 4 N–H and O–H groups in total. The molecular formula is C11H21NO7. The van der Waals surface area contributed by atoms with E-state index in [1.807, 2.05) is 0 Å². The van der Waals surface area contributed by atoms with E-state index in [2.05, 4.69) is 5.32 Å². The van der Waals surface area contributed by atoms with Crippen molar-refractivity contribution in [2.45, 2.75) is 44.5 Å². The lowest BCUT2D eigenvalue weighted by Crippen LogP contribution is -2.64. The Kier molecular flexibility index (Phi) is 6.46. The topological polar surface area (TPSA) is 117 Å². The monoisotopic (exact) mass is 279 g/mol. The molecule has 1 heterocycles. The molecule has 112 valence electrons. The molecule has 5 atom stereocenters. The maximum Gasteiger partial charge on any atom is 0.407 e. The molecule has 0 aliphatic carbocycles. The van der Waals surface area contributed by atoms with Gasteiger partial charge in [-0.15, -0.1) is 0 Å². The molecule has 1 saturated heterocycles. The molecule has 1 rings (SSSR count). The minimum Gasteiger partial charge on any atom is -0.450 e. The van der Waals surface area contributed by atoms with Gasteiger partial charge in [-0.05, 0) is 13.8 Å². The predicted octanol–water partition coefficient (Wildman–Crippen LogP) is -1.42. The van der Waals surface area contributed by atoms with Crippen LogP contribution in [0.2, 0.25) is 0 Å². The van der Waals surface area contributed by atoms with Crippen LogP contribution in [0.5, 0.6) is 0 Å². The summed E-state index contributed by atoms with van der Waals surface area (Å²) >= 11 is 0. The molecule has 0 unspecified atom stereocenters. The Morgan fingerprint density at radius 2 is 1.95 bits per heavy atom. The molecule has 0 saturated carbocycles. The molecule has 19 heavy (non-hydrogen) atoms. The molecule has 0 aromatic carbocycles. The van der Waals surface area contributed by atoms with E-state index in [0.717, 1.165) is 0 Å². The molecule has 0 bridgehead atoms. The van der Waals surface area contributed by atoms with Crippen LogP contribution in [0, 0.1) is 0 Å². The molecule has 1 aliphatic heterocycles. The summed E-state index contributed by atoms with van der Waals surface area (Å²) in [7, 11) is 0. The van der Waals surface area contributed by atoms with Gasteiger partial charge >= 0.3 is 6.09 Å².